The molecule has 2 heterocycles. The lowest BCUT2D eigenvalue weighted by Gasteiger charge is -2.22. The molecule has 0 aliphatic carbocycles. The molecule has 0 N–H and O–H groups in total. The molecular formula is C14H17F2N3O2S. The topological polar surface area (TPSA) is 47.4 Å². The Labute approximate surface area is 131 Å². The van der Waals surface area contributed by atoms with Crippen LogP contribution in [0.3, 0.4) is 0 Å². The molecule has 2 aromatic heterocycles. The molecule has 0 saturated heterocycles. The van der Waals surface area contributed by atoms with Gasteiger partial charge in [-0.05, 0) is 19.1 Å². The van der Waals surface area contributed by atoms with Crippen LogP contribution in [0, 0.1) is 6.92 Å². The van der Waals surface area contributed by atoms with Crippen molar-refractivity contribution in [3.8, 4) is 0 Å². The second-order valence-electron chi connectivity index (χ2n) is 4.65. The third-order valence-corrected chi connectivity index (χ3v) is 3.96. The van der Waals surface area contributed by atoms with Gasteiger partial charge in [0.05, 0.1) is 13.2 Å². The fraction of sp³-hybridized carbons (Fsp3) is 0.429. The van der Waals surface area contributed by atoms with Crippen LogP contribution in [0.5, 0.6) is 0 Å². The number of amides is 1. The van der Waals surface area contributed by atoms with Crippen LogP contribution in [0.2, 0.25) is 0 Å². The summed E-state index contributed by atoms with van der Waals surface area (Å²) < 4.78 is 32.0. The van der Waals surface area contributed by atoms with Crippen molar-refractivity contribution in [2.45, 2.75) is 20.0 Å². The van der Waals surface area contributed by atoms with Gasteiger partial charge in [0.25, 0.3) is 5.91 Å². The van der Waals surface area contributed by atoms with Gasteiger partial charge in [0.15, 0.2) is 0 Å². The molecule has 5 nitrogen and oxygen atoms in total. The summed E-state index contributed by atoms with van der Waals surface area (Å²) in [5.74, 6) is -0.458. The summed E-state index contributed by atoms with van der Waals surface area (Å²) in [5, 5.41) is 2.55. The summed E-state index contributed by atoms with van der Waals surface area (Å²) in [4.78, 5) is 18.2. The van der Waals surface area contributed by atoms with Crippen LogP contribution in [-0.2, 0) is 11.3 Å². The quantitative estimate of drug-likeness (QED) is 0.785. The second kappa shape index (κ2) is 7.46. The minimum Gasteiger partial charge on any atom is -0.383 e. The minimum atomic E-state index is -2.75. The van der Waals surface area contributed by atoms with Crippen molar-refractivity contribution in [1.82, 2.24) is 14.5 Å². The number of ether oxygens (including phenoxy) is 1. The molecule has 1 amide bonds. The Balaban J connectivity index is 2.24. The van der Waals surface area contributed by atoms with Crippen molar-refractivity contribution in [2.75, 3.05) is 20.3 Å². The third kappa shape index (κ3) is 3.69. The first kappa shape index (κ1) is 16.6. The van der Waals surface area contributed by atoms with Gasteiger partial charge in [-0.3, -0.25) is 9.36 Å². The molecule has 0 fully saturated rings. The highest BCUT2D eigenvalue weighted by atomic mass is 32.1. The number of aromatic nitrogens is 2. The summed E-state index contributed by atoms with van der Waals surface area (Å²) in [6, 6.07) is 2.93. The lowest BCUT2D eigenvalue weighted by molar-refractivity contribution is 0.0519. The van der Waals surface area contributed by atoms with Crippen LogP contribution < -0.4 is 0 Å². The first-order valence-electron chi connectivity index (χ1n) is 6.67. The van der Waals surface area contributed by atoms with Gasteiger partial charge in [-0.1, -0.05) is 0 Å². The average molecular weight is 329 g/mol. The first-order valence-corrected chi connectivity index (χ1v) is 7.55. The molecule has 0 spiro atoms. The fourth-order valence-electron chi connectivity index (χ4n) is 2.09. The van der Waals surface area contributed by atoms with Crippen LogP contribution in [0.1, 0.15) is 27.7 Å². The van der Waals surface area contributed by atoms with Crippen molar-refractivity contribution in [2.24, 2.45) is 0 Å². The van der Waals surface area contributed by atoms with Gasteiger partial charge in [0, 0.05) is 30.9 Å². The van der Waals surface area contributed by atoms with Gasteiger partial charge < -0.3 is 9.64 Å². The van der Waals surface area contributed by atoms with Crippen LogP contribution in [0.4, 0.5) is 8.78 Å². The Morgan fingerprint density at radius 2 is 2.27 bits per heavy atom. The lowest BCUT2D eigenvalue weighted by Crippen LogP contribution is -2.35. The number of aryl methyl sites for hydroxylation is 1. The molecule has 22 heavy (non-hydrogen) atoms. The van der Waals surface area contributed by atoms with E-state index >= 15 is 0 Å². The van der Waals surface area contributed by atoms with Gasteiger partial charge in [-0.25, -0.2) is 4.98 Å². The molecule has 120 valence electrons. The van der Waals surface area contributed by atoms with Crippen LogP contribution in [0.25, 0.3) is 0 Å². The van der Waals surface area contributed by atoms with Gasteiger partial charge in [-0.2, -0.15) is 8.78 Å². The van der Waals surface area contributed by atoms with E-state index in [1.54, 1.807) is 18.5 Å². The first-order chi connectivity index (χ1) is 10.5. The molecule has 0 atom stereocenters. The zero-order valence-corrected chi connectivity index (χ0v) is 13.1. The second-order valence-corrected chi connectivity index (χ2v) is 5.63. The van der Waals surface area contributed by atoms with Gasteiger partial charge in [0.1, 0.15) is 10.7 Å². The van der Waals surface area contributed by atoms with E-state index in [1.165, 1.54) is 35.5 Å². The standard InChI is InChI=1S/C14H17F2N3O2S/c1-10-3-4-11(19(10)14(15)16)13(20)18(6-7-21-2)9-12-17-5-8-22-12/h3-5,8,14H,6-7,9H2,1-2H3. The number of rotatable bonds is 7. The number of hydrogen-bond acceptors (Lipinski definition) is 4. The van der Waals surface area contributed by atoms with Crippen molar-refractivity contribution < 1.29 is 18.3 Å². The van der Waals surface area contributed by atoms with Gasteiger partial charge in [-0.15, -0.1) is 11.3 Å². The predicted molar refractivity (Wildman–Crippen MR) is 79.2 cm³/mol. The smallest absolute Gasteiger partial charge is 0.319 e. The van der Waals surface area contributed by atoms with Crippen molar-refractivity contribution >= 4 is 17.2 Å². The Hall–Kier alpha value is -1.80. The summed E-state index contributed by atoms with van der Waals surface area (Å²) >= 11 is 1.41. The number of halogens is 2. The fourth-order valence-corrected chi connectivity index (χ4v) is 2.72. The molecule has 0 aliphatic rings. The number of carbonyl (C=O) groups excluding carboxylic acids is 1. The summed E-state index contributed by atoms with van der Waals surface area (Å²) in [7, 11) is 1.53. The monoisotopic (exact) mass is 329 g/mol. The SMILES string of the molecule is COCCN(Cc1nccs1)C(=O)c1ccc(C)n1C(F)F. The predicted octanol–water partition coefficient (Wildman–Crippen LogP) is 2.94. The maximum atomic E-state index is 13.1. The van der Waals surface area contributed by atoms with E-state index in [1.807, 2.05) is 0 Å². The van der Waals surface area contributed by atoms with E-state index in [9.17, 15) is 13.6 Å². The largest absolute Gasteiger partial charge is 0.383 e. The van der Waals surface area contributed by atoms with Crippen LogP contribution >= 0.6 is 11.3 Å². The molecule has 2 rings (SSSR count). The molecule has 8 heteroatoms. The molecular weight excluding hydrogens is 312 g/mol. The van der Waals surface area contributed by atoms with Crippen LogP contribution in [-0.4, -0.2) is 40.6 Å². The van der Waals surface area contributed by atoms with E-state index < -0.39 is 12.5 Å². The number of methoxy groups -OCH3 is 1. The van der Waals surface area contributed by atoms with E-state index in [0.717, 1.165) is 9.57 Å². The Kier molecular flexibility index (Phi) is 5.62. The number of thiazole rings is 1. The third-order valence-electron chi connectivity index (χ3n) is 3.20. The van der Waals surface area contributed by atoms with Crippen molar-refractivity contribution in [1.29, 1.82) is 0 Å². The molecule has 0 unspecified atom stereocenters. The highest BCUT2D eigenvalue weighted by molar-refractivity contribution is 7.09. The average Bonchev–Trinajstić information content (AvgIpc) is 3.11. The highest BCUT2D eigenvalue weighted by Gasteiger charge is 2.24. The van der Waals surface area contributed by atoms with Crippen molar-refractivity contribution in [3.63, 3.8) is 0 Å². The van der Waals surface area contributed by atoms with E-state index in [0.29, 0.717) is 18.8 Å². The molecule has 0 bridgehead atoms. The molecule has 2 aromatic rings. The number of hydrogen-bond donors (Lipinski definition) is 0. The maximum Gasteiger partial charge on any atom is 0.319 e. The normalized spacial score (nSPS) is 11.1. The molecule has 0 radical (unpaired) electrons. The van der Waals surface area contributed by atoms with Gasteiger partial charge in [0.2, 0.25) is 0 Å². The Morgan fingerprint density at radius 1 is 1.50 bits per heavy atom. The number of nitrogens with zero attached hydrogens (tertiary/aromatic N) is 3. The van der Waals surface area contributed by atoms with E-state index in [4.69, 9.17) is 4.74 Å². The van der Waals surface area contributed by atoms with E-state index in [-0.39, 0.29) is 12.2 Å². The maximum absolute atomic E-state index is 13.1. The number of carbonyl (C=O) groups is 1. The highest BCUT2D eigenvalue weighted by Crippen LogP contribution is 2.21. The summed E-state index contributed by atoms with van der Waals surface area (Å²) in [6.45, 7) is -0.303. The Morgan fingerprint density at radius 3 is 2.86 bits per heavy atom. The number of alkyl halides is 2. The van der Waals surface area contributed by atoms with E-state index in [2.05, 4.69) is 4.98 Å². The molecule has 0 saturated carbocycles. The lowest BCUT2D eigenvalue weighted by atomic mass is 10.3. The van der Waals surface area contributed by atoms with Crippen molar-refractivity contribution in [3.05, 3.63) is 40.1 Å². The van der Waals surface area contributed by atoms with Gasteiger partial charge >= 0.3 is 6.55 Å². The van der Waals surface area contributed by atoms with Crippen LogP contribution in [0.15, 0.2) is 23.7 Å². The summed E-state index contributed by atoms with van der Waals surface area (Å²) in [6.07, 6.45) is 1.64. The minimum absolute atomic E-state index is 0.0276. The zero-order valence-electron chi connectivity index (χ0n) is 12.3. The zero-order chi connectivity index (χ0) is 16.1. The summed E-state index contributed by atoms with van der Waals surface area (Å²) in [5.41, 5.74) is 0.319. The molecule has 0 aliphatic heterocycles. The Bertz CT molecular complexity index is 614. The molecule has 0 aromatic carbocycles.